The first kappa shape index (κ1) is 22.1. The average molecular weight is 402 g/mol. The molecule has 0 aliphatic heterocycles. The lowest BCUT2D eigenvalue weighted by Gasteiger charge is -2.39. The molecular formula is C20H26N4O5. The highest BCUT2D eigenvalue weighted by atomic mass is 16.6. The number of nitriles is 1. The van der Waals surface area contributed by atoms with Gasteiger partial charge in [0, 0.05) is 33.3 Å². The number of anilines is 1. The number of nitro benzene ring substituents is 1. The topological polar surface area (TPSA) is 117 Å². The van der Waals surface area contributed by atoms with Gasteiger partial charge < -0.3 is 14.5 Å². The van der Waals surface area contributed by atoms with Gasteiger partial charge in [0.25, 0.3) is 11.6 Å². The van der Waals surface area contributed by atoms with Gasteiger partial charge in [0.2, 0.25) is 0 Å². The molecule has 9 nitrogen and oxygen atoms in total. The zero-order chi connectivity index (χ0) is 21.8. The van der Waals surface area contributed by atoms with Crippen molar-refractivity contribution in [2.45, 2.75) is 50.7 Å². The summed E-state index contributed by atoms with van der Waals surface area (Å²) in [5.41, 5.74) is -0.700. The van der Waals surface area contributed by atoms with Crippen LogP contribution >= 0.6 is 0 Å². The van der Waals surface area contributed by atoms with E-state index in [4.69, 9.17) is 4.74 Å². The van der Waals surface area contributed by atoms with Gasteiger partial charge in [0.1, 0.15) is 5.54 Å². The van der Waals surface area contributed by atoms with E-state index in [0.29, 0.717) is 18.5 Å². The number of esters is 1. The molecule has 1 aromatic carbocycles. The van der Waals surface area contributed by atoms with Crippen LogP contribution in [0.15, 0.2) is 18.2 Å². The maximum Gasteiger partial charge on any atom is 0.341 e. The van der Waals surface area contributed by atoms with Crippen molar-refractivity contribution in [1.29, 1.82) is 5.26 Å². The fourth-order valence-corrected chi connectivity index (χ4v) is 3.61. The largest absolute Gasteiger partial charge is 0.449 e. The van der Waals surface area contributed by atoms with Gasteiger partial charge in [-0.3, -0.25) is 14.9 Å². The SMILES string of the molecule is C[C@H](OC(=O)c1cc([N+](=O)[O-])ccc1N(C)C)C(=O)N(C)C1(C#N)CCCCC1. The van der Waals surface area contributed by atoms with E-state index < -0.39 is 28.4 Å². The Balaban J connectivity index is 2.22. The third-order valence-electron chi connectivity index (χ3n) is 5.39. The summed E-state index contributed by atoms with van der Waals surface area (Å²) in [7, 11) is 4.94. The van der Waals surface area contributed by atoms with E-state index in [2.05, 4.69) is 6.07 Å². The van der Waals surface area contributed by atoms with E-state index in [9.17, 15) is 25.0 Å². The van der Waals surface area contributed by atoms with Gasteiger partial charge in [0.05, 0.1) is 22.2 Å². The molecule has 0 spiro atoms. The molecule has 1 amide bonds. The molecule has 1 aromatic rings. The van der Waals surface area contributed by atoms with Crippen LogP contribution in [0, 0.1) is 21.4 Å². The van der Waals surface area contributed by atoms with Gasteiger partial charge in [0.15, 0.2) is 6.10 Å². The maximum absolute atomic E-state index is 12.8. The minimum absolute atomic E-state index is 0.000772. The van der Waals surface area contributed by atoms with E-state index in [1.807, 2.05) is 0 Å². The molecule has 0 unspecified atom stereocenters. The first-order chi connectivity index (χ1) is 13.6. The molecule has 2 rings (SSSR count). The number of likely N-dealkylation sites (N-methyl/N-ethyl adjacent to an activating group) is 1. The predicted molar refractivity (Wildman–Crippen MR) is 106 cm³/mol. The van der Waals surface area contributed by atoms with Crippen LogP contribution in [0.1, 0.15) is 49.4 Å². The van der Waals surface area contributed by atoms with E-state index in [0.717, 1.165) is 25.3 Å². The van der Waals surface area contributed by atoms with E-state index >= 15 is 0 Å². The molecule has 9 heteroatoms. The number of hydrogen-bond donors (Lipinski definition) is 0. The van der Waals surface area contributed by atoms with Gasteiger partial charge in [-0.05, 0) is 25.8 Å². The van der Waals surface area contributed by atoms with Crippen LogP contribution in [-0.2, 0) is 9.53 Å². The van der Waals surface area contributed by atoms with E-state index in [1.54, 1.807) is 26.0 Å². The Hall–Kier alpha value is -3.15. The Morgan fingerprint density at radius 1 is 1.24 bits per heavy atom. The van der Waals surface area contributed by atoms with Crippen LogP contribution in [0.4, 0.5) is 11.4 Å². The first-order valence-electron chi connectivity index (χ1n) is 9.48. The minimum Gasteiger partial charge on any atom is -0.449 e. The van der Waals surface area contributed by atoms with Gasteiger partial charge in [-0.15, -0.1) is 0 Å². The highest BCUT2D eigenvalue weighted by Gasteiger charge is 2.41. The van der Waals surface area contributed by atoms with Crippen LogP contribution in [-0.4, -0.2) is 54.5 Å². The molecule has 1 fully saturated rings. The summed E-state index contributed by atoms with van der Waals surface area (Å²) < 4.78 is 5.34. The number of nitro groups is 1. The van der Waals surface area contributed by atoms with Crippen molar-refractivity contribution >= 4 is 23.3 Å². The van der Waals surface area contributed by atoms with Crippen LogP contribution in [0.3, 0.4) is 0 Å². The molecule has 0 heterocycles. The third-order valence-corrected chi connectivity index (χ3v) is 5.39. The predicted octanol–water partition coefficient (Wildman–Crippen LogP) is 2.89. The van der Waals surface area contributed by atoms with E-state index in [-0.39, 0.29) is 11.3 Å². The molecule has 0 radical (unpaired) electrons. The van der Waals surface area contributed by atoms with Crippen molar-refractivity contribution in [2.24, 2.45) is 0 Å². The third kappa shape index (κ3) is 4.65. The lowest BCUT2D eigenvalue weighted by atomic mass is 9.81. The highest BCUT2D eigenvalue weighted by Crippen LogP contribution is 2.33. The summed E-state index contributed by atoms with van der Waals surface area (Å²) in [5, 5.41) is 20.7. The van der Waals surface area contributed by atoms with Gasteiger partial charge in [-0.2, -0.15) is 5.26 Å². The average Bonchev–Trinajstić information content (AvgIpc) is 2.72. The van der Waals surface area contributed by atoms with Gasteiger partial charge in [-0.25, -0.2) is 4.79 Å². The number of non-ortho nitro benzene ring substituents is 1. The summed E-state index contributed by atoms with van der Waals surface area (Å²) in [6.45, 7) is 1.44. The fourth-order valence-electron chi connectivity index (χ4n) is 3.61. The summed E-state index contributed by atoms with van der Waals surface area (Å²) in [6, 6.07) is 6.16. The van der Waals surface area contributed by atoms with E-state index in [1.165, 1.54) is 24.0 Å². The number of amides is 1. The minimum atomic E-state index is -1.13. The number of nitrogens with zero attached hydrogens (tertiary/aromatic N) is 4. The Bertz CT molecular complexity index is 840. The van der Waals surface area contributed by atoms with Gasteiger partial charge >= 0.3 is 5.97 Å². The standard InChI is InChI=1S/C20H26N4O5/c1-14(18(25)23(4)20(13-21)10-6-5-7-11-20)29-19(26)16-12-15(24(27)28)8-9-17(16)22(2)3/h8-9,12,14H,5-7,10-11H2,1-4H3/t14-/m0/s1. The molecule has 1 saturated carbocycles. The second-order valence-electron chi connectivity index (χ2n) is 7.50. The van der Waals surface area contributed by atoms with Crippen molar-refractivity contribution in [3.63, 3.8) is 0 Å². The Morgan fingerprint density at radius 2 is 1.86 bits per heavy atom. The molecule has 1 aliphatic carbocycles. The number of carbonyl (C=O) groups is 2. The van der Waals surface area contributed by atoms with Crippen LogP contribution < -0.4 is 4.90 Å². The molecule has 1 atom stereocenters. The maximum atomic E-state index is 12.8. The van der Waals surface area contributed by atoms with Crippen molar-refractivity contribution in [1.82, 2.24) is 4.90 Å². The Morgan fingerprint density at radius 3 is 2.38 bits per heavy atom. The van der Waals surface area contributed by atoms with Gasteiger partial charge in [-0.1, -0.05) is 19.3 Å². The van der Waals surface area contributed by atoms with Crippen molar-refractivity contribution < 1.29 is 19.2 Å². The lowest BCUT2D eigenvalue weighted by Crippen LogP contribution is -2.53. The van der Waals surface area contributed by atoms with Crippen molar-refractivity contribution in [3.8, 4) is 6.07 Å². The lowest BCUT2D eigenvalue weighted by molar-refractivity contribution is -0.384. The Kier molecular flexibility index (Phi) is 6.80. The van der Waals surface area contributed by atoms with Crippen molar-refractivity contribution in [2.75, 3.05) is 26.0 Å². The normalized spacial score (nSPS) is 16.2. The summed E-state index contributed by atoms with van der Waals surface area (Å²) in [5.74, 6) is -1.31. The summed E-state index contributed by atoms with van der Waals surface area (Å²) in [6.07, 6.45) is 2.78. The molecule has 156 valence electrons. The number of hydrogen-bond acceptors (Lipinski definition) is 7. The van der Waals surface area contributed by atoms with Crippen LogP contribution in [0.5, 0.6) is 0 Å². The molecule has 0 bridgehead atoms. The molecule has 0 aromatic heterocycles. The second kappa shape index (κ2) is 8.90. The monoisotopic (exact) mass is 402 g/mol. The zero-order valence-electron chi connectivity index (χ0n) is 17.2. The number of benzene rings is 1. The van der Waals surface area contributed by atoms with Crippen molar-refractivity contribution in [3.05, 3.63) is 33.9 Å². The second-order valence-corrected chi connectivity index (χ2v) is 7.50. The van der Waals surface area contributed by atoms with Crippen LogP contribution in [0.2, 0.25) is 0 Å². The molecule has 29 heavy (non-hydrogen) atoms. The molecular weight excluding hydrogens is 376 g/mol. The number of ether oxygens (including phenoxy) is 1. The summed E-state index contributed by atoms with van der Waals surface area (Å²) in [4.78, 5) is 39.0. The number of rotatable bonds is 6. The highest BCUT2D eigenvalue weighted by molar-refractivity contribution is 5.98. The quantitative estimate of drug-likeness (QED) is 0.408. The Labute approximate surface area is 170 Å². The molecule has 0 N–H and O–H groups in total. The van der Waals surface area contributed by atoms with Crippen LogP contribution in [0.25, 0.3) is 0 Å². The first-order valence-corrected chi connectivity index (χ1v) is 9.48. The molecule has 0 saturated heterocycles. The smallest absolute Gasteiger partial charge is 0.341 e. The molecule has 1 aliphatic rings. The summed E-state index contributed by atoms with van der Waals surface area (Å²) >= 11 is 0. The number of carbonyl (C=O) groups excluding carboxylic acids is 2. The fraction of sp³-hybridized carbons (Fsp3) is 0.550. The zero-order valence-corrected chi connectivity index (χ0v) is 17.2.